The van der Waals surface area contributed by atoms with Gasteiger partial charge in [-0.2, -0.15) is 0 Å². The molecular weight excluding hydrogens is 271 g/mol. The van der Waals surface area contributed by atoms with Gasteiger partial charge in [0.2, 0.25) is 0 Å². The number of hydrogen-bond acceptors (Lipinski definition) is 1. The summed E-state index contributed by atoms with van der Waals surface area (Å²) in [6, 6.07) is 17.1. The van der Waals surface area contributed by atoms with Gasteiger partial charge in [-0.1, -0.05) is 59.5 Å². The number of halogens is 1. The number of benzene rings is 3. The molecule has 0 amide bonds. The van der Waals surface area contributed by atoms with Gasteiger partial charge in [0.25, 0.3) is 0 Å². The molecule has 0 saturated carbocycles. The molecule has 3 heteroatoms. The Hall–Kier alpha value is -1.51. The van der Waals surface area contributed by atoms with Crippen LogP contribution in [0.15, 0.2) is 48.5 Å². The normalized spacial score (nSPS) is 11.6. The van der Waals surface area contributed by atoms with Crippen LogP contribution in [0.25, 0.3) is 30.9 Å². The van der Waals surface area contributed by atoms with E-state index in [1.807, 2.05) is 6.07 Å². The summed E-state index contributed by atoms with van der Waals surface area (Å²) in [4.78, 5) is 0. The summed E-state index contributed by atoms with van der Waals surface area (Å²) in [5, 5.41) is 6.08. The molecule has 0 aliphatic heterocycles. The molecule has 0 unspecified atom stereocenters. The minimum atomic E-state index is 0.853. The zero-order chi connectivity index (χ0) is 13.0. The molecule has 90 valence electrons. The van der Waals surface area contributed by atoms with E-state index in [0.717, 1.165) is 5.02 Å². The van der Waals surface area contributed by atoms with E-state index < -0.39 is 0 Å². The monoisotopic (exact) mass is 280 g/mol. The lowest BCUT2D eigenvalue weighted by atomic mass is 9.91. The molecule has 0 atom stereocenters. The first-order chi connectivity index (χ1) is 9.25. The maximum absolute atomic E-state index is 6.36. The average molecular weight is 281 g/mol. The van der Waals surface area contributed by atoms with Gasteiger partial charge in [0.05, 0.1) is 9.72 Å². The lowest BCUT2D eigenvalue weighted by molar-refractivity contribution is 1.82. The molecule has 0 aliphatic rings. The highest BCUT2D eigenvalue weighted by molar-refractivity contribution is 7.27. The highest BCUT2D eigenvalue weighted by atomic mass is 35.5. The summed E-state index contributed by atoms with van der Waals surface area (Å²) in [5.41, 5.74) is 1.29. The van der Waals surface area contributed by atoms with Gasteiger partial charge in [0.1, 0.15) is 7.85 Å². The molecule has 0 aliphatic carbocycles. The molecule has 4 rings (SSSR count). The third-order valence-corrected chi connectivity index (χ3v) is 5.37. The largest absolute Gasteiger partial charge is 0.140 e. The summed E-state index contributed by atoms with van der Waals surface area (Å²) in [6.07, 6.45) is 0. The average Bonchev–Trinajstić information content (AvgIpc) is 2.84. The molecule has 1 heterocycles. The summed E-state index contributed by atoms with van der Waals surface area (Å²) in [6.45, 7) is 0. The molecule has 1 aromatic heterocycles. The first-order valence-corrected chi connectivity index (χ1v) is 7.44. The Bertz CT molecular complexity index is 940. The Balaban J connectivity index is 2.35. The van der Waals surface area contributed by atoms with Crippen molar-refractivity contribution in [2.24, 2.45) is 0 Å². The van der Waals surface area contributed by atoms with Gasteiger partial charge in [0.15, 0.2) is 0 Å². The third kappa shape index (κ3) is 1.54. The van der Waals surface area contributed by atoms with Crippen LogP contribution in [0, 0.1) is 0 Å². The van der Waals surface area contributed by atoms with E-state index in [9.17, 15) is 0 Å². The van der Waals surface area contributed by atoms with Crippen LogP contribution in [0.3, 0.4) is 0 Å². The highest BCUT2D eigenvalue weighted by Crippen LogP contribution is 2.40. The zero-order valence-electron chi connectivity index (χ0n) is 10.4. The maximum Gasteiger partial charge on any atom is 0.140 e. The van der Waals surface area contributed by atoms with Crippen molar-refractivity contribution in [3.63, 3.8) is 0 Å². The standard InChI is InChI=1S/C16H10BClS/c17-12-7-8-13(18)16-14(12)11-6-5-9-3-1-2-4-10(9)15(11)19-16/h1-8H,17H2. The van der Waals surface area contributed by atoms with E-state index in [-0.39, 0.29) is 0 Å². The van der Waals surface area contributed by atoms with Crippen LogP contribution in [0.5, 0.6) is 0 Å². The maximum atomic E-state index is 6.36. The number of hydrogen-bond donors (Lipinski definition) is 0. The van der Waals surface area contributed by atoms with E-state index in [0.29, 0.717) is 0 Å². The number of thiophene rings is 1. The minimum absolute atomic E-state index is 0.853. The summed E-state index contributed by atoms with van der Waals surface area (Å²) in [7, 11) is 2.15. The molecule has 0 saturated heterocycles. The van der Waals surface area contributed by atoms with Gasteiger partial charge in [-0.25, -0.2) is 0 Å². The number of rotatable bonds is 0. The molecule has 4 aromatic rings. The fourth-order valence-corrected chi connectivity index (χ4v) is 4.33. The van der Waals surface area contributed by atoms with Crippen LogP contribution in [-0.4, -0.2) is 7.85 Å². The summed E-state index contributed by atoms with van der Waals surface area (Å²) >= 11 is 8.16. The highest BCUT2D eigenvalue weighted by Gasteiger charge is 2.11. The second-order valence-electron chi connectivity index (χ2n) is 4.83. The molecule has 0 bridgehead atoms. The van der Waals surface area contributed by atoms with Gasteiger partial charge in [0, 0.05) is 10.1 Å². The van der Waals surface area contributed by atoms with Crippen molar-refractivity contribution in [3.8, 4) is 0 Å². The minimum Gasteiger partial charge on any atom is -0.133 e. The Morgan fingerprint density at radius 2 is 1.68 bits per heavy atom. The predicted octanol–water partition coefficient (Wildman–Crippen LogP) is 4.12. The molecule has 0 N–H and O–H groups in total. The van der Waals surface area contributed by atoms with E-state index in [1.54, 1.807) is 11.3 Å². The lowest BCUT2D eigenvalue weighted by Gasteiger charge is -2.00. The second-order valence-corrected chi connectivity index (χ2v) is 6.26. The van der Waals surface area contributed by atoms with Crippen LogP contribution in [-0.2, 0) is 0 Å². The quantitative estimate of drug-likeness (QED) is 0.425. The summed E-state index contributed by atoms with van der Waals surface area (Å²) in [5.74, 6) is 0. The van der Waals surface area contributed by atoms with Gasteiger partial charge in [-0.3, -0.25) is 0 Å². The van der Waals surface area contributed by atoms with Crippen molar-refractivity contribution >= 4 is 67.2 Å². The molecule has 0 fully saturated rings. The molecule has 0 spiro atoms. The predicted molar refractivity (Wildman–Crippen MR) is 90.0 cm³/mol. The molecule has 0 nitrogen and oxygen atoms in total. The Labute approximate surface area is 121 Å². The van der Waals surface area contributed by atoms with E-state index >= 15 is 0 Å². The van der Waals surface area contributed by atoms with Crippen LogP contribution >= 0.6 is 22.9 Å². The topological polar surface area (TPSA) is 0 Å². The van der Waals surface area contributed by atoms with Crippen molar-refractivity contribution in [3.05, 3.63) is 53.6 Å². The molecule has 19 heavy (non-hydrogen) atoms. The molecule has 3 aromatic carbocycles. The van der Waals surface area contributed by atoms with Gasteiger partial charge < -0.3 is 0 Å². The van der Waals surface area contributed by atoms with E-state index in [1.165, 1.54) is 36.4 Å². The van der Waals surface area contributed by atoms with Crippen molar-refractivity contribution in [1.29, 1.82) is 0 Å². The van der Waals surface area contributed by atoms with Crippen LogP contribution in [0.4, 0.5) is 0 Å². The molecular formula is C16H10BClS. The first kappa shape index (κ1) is 11.3. The summed E-state index contributed by atoms with van der Waals surface area (Å²) < 4.78 is 2.54. The Morgan fingerprint density at radius 3 is 2.58 bits per heavy atom. The molecule has 0 radical (unpaired) electrons. The van der Waals surface area contributed by atoms with Crippen LogP contribution in [0.1, 0.15) is 0 Å². The van der Waals surface area contributed by atoms with Crippen molar-refractivity contribution in [2.45, 2.75) is 0 Å². The van der Waals surface area contributed by atoms with Crippen LogP contribution < -0.4 is 5.46 Å². The van der Waals surface area contributed by atoms with Crippen molar-refractivity contribution < 1.29 is 0 Å². The first-order valence-electron chi connectivity index (χ1n) is 6.25. The van der Waals surface area contributed by atoms with Gasteiger partial charge >= 0.3 is 0 Å². The van der Waals surface area contributed by atoms with Crippen molar-refractivity contribution in [1.82, 2.24) is 0 Å². The fourth-order valence-electron chi connectivity index (χ4n) is 2.74. The lowest BCUT2D eigenvalue weighted by Crippen LogP contribution is -2.01. The van der Waals surface area contributed by atoms with E-state index in [2.05, 4.69) is 50.3 Å². The van der Waals surface area contributed by atoms with Crippen molar-refractivity contribution in [2.75, 3.05) is 0 Å². The Morgan fingerprint density at radius 1 is 0.842 bits per heavy atom. The third-order valence-electron chi connectivity index (χ3n) is 3.67. The second kappa shape index (κ2) is 3.99. The van der Waals surface area contributed by atoms with Gasteiger partial charge in [-0.15, -0.1) is 11.3 Å². The fraction of sp³-hybridized carbons (Fsp3) is 0. The Kier molecular flexibility index (Phi) is 2.38. The number of fused-ring (bicyclic) bond motifs is 5. The van der Waals surface area contributed by atoms with Crippen LogP contribution in [0.2, 0.25) is 5.02 Å². The SMILES string of the molecule is Bc1ccc(Cl)c2sc3c4ccccc4ccc3c12. The van der Waals surface area contributed by atoms with E-state index in [4.69, 9.17) is 11.6 Å². The smallest absolute Gasteiger partial charge is 0.133 e. The zero-order valence-corrected chi connectivity index (χ0v) is 12.0. The van der Waals surface area contributed by atoms with Gasteiger partial charge in [-0.05, 0) is 22.2 Å².